The summed E-state index contributed by atoms with van der Waals surface area (Å²) in [6.07, 6.45) is 3.21. The summed E-state index contributed by atoms with van der Waals surface area (Å²) in [4.78, 5) is 12.8. The van der Waals surface area contributed by atoms with Gasteiger partial charge in [-0.2, -0.15) is 0 Å². The van der Waals surface area contributed by atoms with Crippen molar-refractivity contribution in [3.8, 4) is 0 Å². The van der Waals surface area contributed by atoms with Crippen molar-refractivity contribution in [2.75, 3.05) is 37.7 Å². The zero-order valence-corrected chi connectivity index (χ0v) is 12.2. The SMILES string of the molecule is NCCC1CCCN(CCS(=O)(=O)CCC(N)=O)C1. The topological polar surface area (TPSA) is 106 Å². The standard InChI is InChI=1S/C12H25N3O3S/c13-5-3-11-2-1-6-15(10-11)7-9-19(17,18)8-4-12(14)16/h11H,1-10,13H2,(H2,14,16). The van der Waals surface area contributed by atoms with Crippen LogP contribution in [-0.4, -0.2) is 56.9 Å². The van der Waals surface area contributed by atoms with Gasteiger partial charge >= 0.3 is 0 Å². The van der Waals surface area contributed by atoms with Crippen molar-refractivity contribution in [3.05, 3.63) is 0 Å². The first kappa shape index (κ1) is 16.4. The van der Waals surface area contributed by atoms with E-state index in [1.54, 1.807) is 0 Å². The Morgan fingerprint density at radius 2 is 2.05 bits per heavy atom. The fourth-order valence-corrected chi connectivity index (χ4v) is 3.70. The van der Waals surface area contributed by atoms with E-state index in [0.717, 1.165) is 25.9 Å². The predicted octanol–water partition coefficient (Wildman–Crippen LogP) is -0.663. The number of amides is 1. The summed E-state index contributed by atoms with van der Waals surface area (Å²) in [5.41, 5.74) is 10.5. The quantitative estimate of drug-likeness (QED) is 0.617. The molecule has 0 aromatic carbocycles. The smallest absolute Gasteiger partial charge is 0.218 e. The highest BCUT2D eigenvalue weighted by molar-refractivity contribution is 7.91. The van der Waals surface area contributed by atoms with Gasteiger partial charge in [-0.05, 0) is 38.3 Å². The molecule has 0 radical (unpaired) electrons. The molecule has 1 amide bonds. The lowest BCUT2D eigenvalue weighted by molar-refractivity contribution is -0.117. The van der Waals surface area contributed by atoms with Gasteiger partial charge in [-0.15, -0.1) is 0 Å². The Balaban J connectivity index is 2.32. The van der Waals surface area contributed by atoms with E-state index in [9.17, 15) is 13.2 Å². The molecule has 7 heteroatoms. The average molecular weight is 291 g/mol. The van der Waals surface area contributed by atoms with E-state index in [4.69, 9.17) is 11.5 Å². The van der Waals surface area contributed by atoms with E-state index in [0.29, 0.717) is 19.0 Å². The van der Waals surface area contributed by atoms with Crippen LogP contribution in [0.1, 0.15) is 25.7 Å². The molecule has 112 valence electrons. The molecule has 1 aliphatic heterocycles. The Labute approximate surface area is 115 Å². The molecule has 1 fully saturated rings. The first-order valence-corrected chi connectivity index (χ1v) is 8.66. The van der Waals surface area contributed by atoms with Gasteiger partial charge in [0, 0.05) is 19.5 Å². The van der Waals surface area contributed by atoms with Gasteiger partial charge in [0.2, 0.25) is 5.91 Å². The van der Waals surface area contributed by atoms with Crippen LogP contribution in [0.3, 0.4) is 0 Å². The first-order valence-electron chi connectivity index (χ1n) is 6.84. The van der Waals surface area contributed by atoms with Gasteiger partial charge in [0.15, 0.2) is 9.84 Å². The summed E-state index contributed by atoms with van der Waals surface area (Å²) in [5.74, 6) is -0.00508. The molecule has 0 spiro atoms. The van der Waals surface area contributed by atoms with Crippen LogP contribution < -0.4 is 11.5 Å². The number of piperidine rings is 1. The summed E-state index contributed by atoms with van der Waals surface area (Å²) in [6, 6.07) is 0. The summed E-state index contributed by atoms with van der Waals surface area (Å²) in [6.45, 7) is 3.12. The minimum absolute atomic E-state index is 0.0852. The normalized spacial score (nSPS) is 21.4. The molecule has 1 saturated heterocycles. The largest absolute Gasteiger partial charge is 0.370 e. The zero-order valence-electron chi connectivity index (χ0n) is 11.4. The van der Waals surface area contributed by atoms with Crippen LogP contribution in [0.25, 0.3) is 0 Å². The van der Waals surface area contributed by atoms with Gasteiger partial charge in [-0.3, -0.25) is 4.79 Å². The van der Waals surface area contributed by atoms with Crippen molar-refractivity contribution in [1.82, 2.24) is 4.90 Å². The molecule has 1 aliphatic rings. The molecule has 0 aromatic rings. The molecule has 4 N–H and O–H groups in total. The molecule has 0 bridgehead atoms. The maximum absolute atomic E-state index is 11.7. The fraction of sp³-hybridized carbons (Fsp3) is 0.917. The number of hydrogen-bond donors (Lipinski definition) is 2. The number of hydrogen-bond acceptors (Lipinski definition) is 5. The highest BCUT2D eigenvalue weighted by Gasteiger charge is 2.21. The third-order valence-electron chi connectivity index (χ3n) is 3.56. The average Bonchev–Trinajstić information content (AvgIpc) is 2.35. The number of sulfone groups is 1. The van der Waals surface area contributed by atoms with Crippen molar-refractivity contribution in [3.63, 3.8) is 0 Å². The van der Waals surface area contributed by atoms with Crippen LogP contribution in [0, 0.1) is 5.92 Å². The van der Waals surface area contributed by atoms with Gasteiger partial charge in [0.25, 0.3) is 0 Å². The molecular weight excluding hydrogens is 266 g/mol. The van der Waals surface area contributed by atoms with Crippen molar-refractivity contribution in [2.24, 2.45) is 17.4 Å². The van der Waals surface area contributed by atoms with Crippen LogP contribution >= 0.6 is 0 Å². The zero-order chi connectivity index (χ0) is 14.3. The van der Waals surface area contributed by atoms with E-state index < -0.39 is 15.7 Å². The van der Waals surface area contributed by atoms with Gasteiger partial charge in [-0.1, -0.05) is 0 Å². The summed E-state index contributed by atoms with van der Waals surface area (Å²) < 4.78 is 23.5. The minimum atomic E-state index is -3.17. The van der Waals surface area contributed by atoms with E-state index in [1.807, 2.05) is 0 Å². The highest BCUT2D eigenvalue weighted by atomic mass is 32.2. The number of primary amides is 1. The molecule has 19 heavy (non-hydrogen) atoms. The minimum Gasteiger partial charge on any atom is -0.370 e. The molecule has 1 rings (SSSR count). The molecule has 0 aliphatic carbocycles. The molecular formula is C12H25N3O3S. The molecule has 1 heterocycles. The maximum Gasteiger partial charge on any atom is 0.218 e. The predicted molar refractivity (Wildman–Crippen MR) is 75.3 cm³/mol. The van der Waals surface area contributed by atoms with E-state index in [2.05, 4.69) is 4.90 Å². The Kier molecular flexibility index (Phi) is 6.74. The maximum atomic E-state index is 11.7. The van der Waals surface area contributed by atoms with Crippen LogP contribution in [0.4, 0.5) is 0 Å². The number of nitrogens with two attached hydrogens (primary N) is 2. The van der Waals surface area contributed by atoms with Crippen LogP contribution in [-0.2, 0) is 14.6 Å². The van der Waals surface area contributed by atoms with Crippen molar-refractivity contribution in [2.45, 2.75) is 25.7 Å². The molecule has 0 aromatic heterocycles. The van der Waals surface area contributed by atoms with Crippen molar-refractivity contribution in [1.29, 1.82) is 0 Å². The number of rotatable bonds is 8. The second-order valence-corrected chi connectivity index (χ2v) is 7.56. The number of nitrogens with zero attached hydrogens (tertiary/aromatic N) is 1. The van der Waals surface area contributed by atoms with Crippen molar-refractivity contribution < 1.29 is 13.2 Å². The summed E-state index contributed by atoms with van der Waals surface area (Å²) in [7, 11) is -3.17. The van der Waals surface area contributed by atoms with Crippen LogP contribution in [0.5, 0.6) is 0 Å². The lowest BCUT2D eigenvalue weighted by Gasteiger charge is -2.32. The van der Waals surface area contributed by atoms with Crippen LogP contribution in [0.15, 0.2) is 0 Å². The number of carbonyl (C=O) groups excluding carboxylic acids is 1. The Morgan fingerprint density at radius 3 is 2.68 bits per heavy atom. The fourth-order valence-electron chi connectivity index (χ4n) is 2.45. The highest BCUT2D eigenvalue weighted by Crippen LogP contribution is 2.18. The monoisotopic (exact) mass is 291 g/mol. The van der Waals surface area contributed by atoms with E-state index in [-0.39, 0.29) is 17.9 Å². The summed E-state index contributed by atoms with van der Waals surface area (Å²) in [5, 5.41) is 0. The van der Waals surface area contributed by atoms with Gasteiger partial charge in [-0.25, -0.2) is 8.42 Å². The lowest BCUT2D eigenvalue weighted by Crippen LogP contribution is -2.39. The van der Waals surface area contributed by atoms with Gasteiger partial charge in [0.05, 0.1) is 11.5 Å². The Morgan fingerprint density at radius 1 is 1.32 bits per heavy atom. The third-order valence-corrected chi connectivity index (χ3v) is 5.19. The van der Waals surface area contributed by atoms with Crippen LogP contribution in [0.2, 0.25) is 0 Å². The third kappa shape index (κ3) is 6.89. The second kappa shape index (κ2) is 7.81. The molecule has 1 atom stereocenters. The molecule has 1 unspecified atom stereocenters. The number of carbonyl (C=O) groups is 1. The van der Waals surface area contributed by atoms with Crippen molar-refractivity contribution >= 4 is 15.7 Å². The lowest BCUT2D eigenvalue weighted by atomic mass is 9.95. The summed E-state index contributed by atoms with van der Waals surface area (Å²) >= 11 is 0. The number of likely N-dealkylation sites (tertiary alicyclic amines) is 1. The van der Waals surface area contributed by atoms with E-state index >= 15 is 0 Å². The molecule has 6 nitrogen and oxygen atoms in total. The first-order chi connectivity index (χ1) is 8.93. The van der Waals surface area contributed by atoms with Gasteiger partial charge < -0.3 is 16.4 Å². The van der Waals surface area contributed by atoms with Gasteiger partial charge in [0.1, 0.15) is 0 Å². The molecule has 0 saturated carbocycles. The Bertz CT molecular complexity index is 382. The van der Waals surface area contributed by atoms with E-state index in [1.165, 1.54) is 6.42 Å². The Hall–Kier alpha value is -0.660. The second-order valence-electron chi connectivity index (χ2n) is 5.25.